The molecule has 0 aliphatic heterocycles. The summed E-state index contributed by atoms with van der Waals surface area (Å²) in [5.41, 5.74) is 0. The molecule has 0 aromatic carbocycles. The van der Waals surface area contributed by atoms with E-state index in [0.29, 0.717) is 0 Å². The normalized spacial score (nSPS) is 35.8. The second kappa shape index (κ2) is 4.48. The van der Waals surface area contributed by atoms with Crippen LogP contribution in [0.15, 0.2) is 0 Å². The second-order valence-corrected chi connectivity index (χ2v) is 5.27. The Morgan fingerprint density at radius 2 is 1.69 bits per heavy atom. The van der Waals surface area contributed by atoms with E-state index in [1.165, 1.54) is 25.7 Å². The molecule has 0 amide bonds. The maximum Gasteiger partial charge on any atom is -0.0383 e. The quantitative estimate of drug-likeness (QED) is 0.604. The Hall–Kier alpha value is 0. The molecular formula is C13H24. The van der Waals surface area contributed by atoms with Crippen LogP contribution in [0, 0.1) is 17.8 Å². The Labute approximate surface area is 83.1 Å². The molecule has 0 N–H and O–H groups in total. The summed E-state index contributed by atoms with van der Waals surface area (Å²) >= 11 is 0. The van der Waals surface area contributed by atoms with Gasteiger partial charge in [0, 0.05) is 0 Å². The predicted octanol–water partition coefficient (Wildman–Crippen LogP) is 4.39. The van der Waals surface area contributed by atoms with Gasteiger partial charge in [0.15, 0.2) is 0 Å². The fourth-order valence-corrected chi connectivity index (χ4v) is 3.64. The highest BCUT2D eigenvalue weighted by Crippen LogP contribution is 2.43. The van der Waals surface area contributed by atoms with Gasteiger partial charge in [-0.25, -0.2) is 0 Å². The van der Waals surface area contributed by atoms with Crippen molar-refractivity contribution in [3.8, 4) is 0 Å². The molecule has 13 heavy (non-hydrogen) atoms. The summed E-state index contributed by atoms with van der Waals surface area (Å²) in [5, 5.41) is 0. The van der Waals surface area contributed by atoms with Crippen LogP contribution in [-0.2, 0) is 0 Å². The van der Waals surface area contributed by atoms with Gasteiger partial charge in [-0.05, 0) is 30.6 Å². The summed E-state index contributed by atoms with van der Waals surface area (Å²) < 4.78 is 0. The van der Waals surface area contributed by atoms with Crippen LogP contribution in [-0.4, -0.2) is 0 Å². The van der Waals surface area contributed by atoms with E-state index in [-0.39, 0.29) is 0 Å². The molecule has 0 bridgehead atoms. The lowest BCUT2D eigenvalue weighted by Crippen LogP contribution is -2.07. The molecular weight excluding hydrogens is 156 g/mol. The Balaban J connectivity index is 1.76. The first-order valence-electron chi connectivity index (χ1n) is 6.40. The van der Waals surface area contributed by atoms with Gasteiger partial charge in [-0.3, -0.25) is 0 Å². The molecule has 0 spiro atoms. The van der Waals surface area contributed by atoms with Crippen LogP contribution >= 0.6 is 0 Å². The third-order valence-electron chi connectivity index (χ3n) is 4.35. The minimum atomic E-state index is 1.11. The lowest BCUT2D eigenvalue weighted by Gasteiger charge is -2.17. The highest BCUT2D eigenvalue weighted by Gasteiger charge is 2.31. The van der Waals surface area contributed by atoms with E-state index in [0.717, 1.165) is 17.8 Å². The molecule has 2 aliphatic carbocycles. The Kier molecular flexibility index (Phi) is 3.29. The minimum Gasteiger partial charge on any atom is -0.0654 e. The monoisotopic (exact) mass is 180 g/mol. The molecule has 0 heteroatoms. The number of hydrogen-bond acceptors (Lipinski definition) is 0. The zero-order chi connectivity index (χ0) is 9.10. The maximum atomic E-state index is 2.34. The van der Waals surface area contributed by atoms with Crippen molar-refractivity contribution in [2.24, 2.45) is 17.8 Å². The van der Waals surface area contributed by atoms with Crippen molar-refractivity contribution in [1.82, 2.24) is 0 Å². The van der Waals surface area contributed by atoms with Crippen LogP contribution in [0.4, 0.5) is 0 Å². The van der Waals surface area contributed by atoms with Crippen molar-refractivity contribution in [2.45, 2.75) is 64.7 Å². The lowest BCUT2D eigenvalue weighted by atomic mass is 9.88. The highest BCUT2D eigenvalue weighted by molar-refractivity contribution is 4.82. The van der Waals surface area contributed by atoms with Crippen LogP contribution < -0.4 is 0 Å². The standard InChI is InChI=1S/C13H24/c1-2-5-11-8-9-13(10-11)12-6-3-4-7-12/h11-13H,2-10H2,1H3/t11-,13-/m1/s1. The molecule has 2 saturated carbocycles. The van der Waals surface area contributed by atoms with Gasteiger partial charge in [-0.1, -0.05) is 51.9 Å². The van der Waals surface area contributed by atoms with Gasteiger partial charge < -0.3 is 0 Å². The van der Waals surface area contributed by atoms with E-state index in [1.54, 1.807) is 32.1 Å². The zero-order valence-corrected chi connectivity index (χ0v) is 9.10. The summed E-state index contributed by atoms with van der Waals surface area (Å²) in [7, 11) is 0. The first-order valence-corrected chi connectivity index (χ1v) is 6.40. The summed E-state index contributed by atoms with van der Waals surface area (Å²) in [6, 6.07) is 0. The largest absolute Gasteiger partial charge is 0.0654 e. The van der Waals surface area contributed by atoms with Crippen molar-refractivity contribution < 1.29 is 0 Å². The van der Waals surface area contributed by atoms with Crippen LogP contribution in [0.5, 0.6) is 0 Å². The second-order valence-electron chi connectivity index (χ2n) is 5.27. The molecule has 0 heterocycles. The lowest BCUT2D eigenvalue weighted by molar-refractivity contribution is 0.331. The summed E-state index contributed by atoms with van der Waals surface area (Å²) in [5.74, 6) is 3.39. The SMILES string of the molecule is CCC[C@@H]1CC[C@@H](C2CCCC2)C1. The van der Waals surface area contributed by atoms with Gasteiger partial charge in [0.1, 0.15) is 0 Å². The van der Waals surface area contributed by atoms with Gasteiger partial charge in [0.05, 0.1) is 0 Å². The van der Waals surface area contributed by atoms with Gasteiger partial charge in [-0.15, -0.1) is 0 Å². The van der Waals surface area contributed by atoms with Crippen molar-refractivity contribution in [1.29, 1.82) is 0 Å². The van der Waals surface area contributed by atoms with Crippen molar-refractivity contribution in [2.75, 3.05) is 0 Å². The molecule has 0 saturated heterocycles. The molecule has 2 rings (SSSR count). The molecule has 2 aliphatic rings. The molecule has 0 radical (unpaired) electrons. The third-order valence-corrected chi connectivity index (χ3v) is 4.35. The van der Waals surface area contributed by atoms with Crippen molar-refractivity contribution >= 4 is 0 Å². The molecule has 0 unspecified atom stereocenters. The summed E-state index contributed by atoms with van der Waals surface area (Å²) in [6.07, 6.45) is 13.8. The van der Waals surface area contributed by atoms with E-state index >= 15 is 0 Å². The van der Waals surface area contributed by atoms with E-state index in [9.17, 15) is 0 Å². The minimum absolute atomic E-state index is 1.11. The van der Waals surface area contributed by atoms with Gasteiger partial charge in [0.25, 0.3) is 0 Å². The van der Waals surface area contributed by atoms with Crippen LogP contribution in [0.3, 0.4) is 0 Å². The topological polar surface area (TPSA) is 0 Å². The fourth-order valence-electron chi connectivity index (χ4n) is 3.64. The van der Waals surface area contributed by atoms with Gasteiger partial charge in [0.2, 0.25) is 0 Å². The zero-order valence-electron chi connectivity index (χ0n) is 9.10. The smallest absolute Gasteiger partial charge is 0.0383 e. The summed E-state index contributed by atoms with van der Waals surface area (Å²) in [4.78, 5) is 0. The predicted molar refractivity (Wildman–Crippen MR) is 57.7 cm³/mol. The van der Waals surface area contributed by atoms with Gasteiger partial charge in [-0.2, -0.15) is 0 Å². The molecule has 0 aromatic rings. The van der Waals surface area contributed by atoms with E-state index in [4.69, 9.17) is 0 Å². The highest BCUT2D eigenvalue weighted by atomic mass is 14.4. The van der Waals surface area contributed by atoms with Crippen LogP contribution in [0.1, 0.15) is 64.7 Å². The first kappa shape index (κ1) is 9.55. The molecule has 0 nitrogen and oxygen atoms in total. The Bertz CT molecular complexity index is 144. The molecule has 76 valence electrons. The van der Waals surface area contributed by atoms with E-state index in [2.05, 4.69) is 6.92 Å². The fraction of sp³-hybridized carbons (Fsp3) is 1.00. The first-order chi connectivity index (χ1) is 6.40. The van der Waals surface area contributed by atoms with Crippen molar-refractivity contribution in [3.63, 3.8) is 0 Å². The number of rotatable bonds is 3. The molecule has 2 atom stereocenters. The molecule has 2 fully saturated rings. The Morgan fingerprint density at radius 1 is 0.923 bits per heavy atom. The van der Waals surface area contributed by atoms with E-state index in [1.807, 2.05) is 0 Å². The van der Waals surface area contributed by atoms with E-state index < -0.39 is 0 Å². The third kappa shape index (κ3) is 2.27. The van der Waals surface area contributed by atoms with Gasteiger partial charge >= 0.3 is 0 Å². The Morgan fingerprint density at radius 3 is 2.38 bits per heavy atom. The average molecular weight is 180 g/mol. The van der Waals surface area contributed by atoms with Crippen LogP contribution in [0.2, 0.25) is 0 Å². The number of hydrogen-bond donors (Lipinski definition) is 0. The summed E-state index contributed by atoms with van der Waals surface area (Å²) in [6.45, 7) is 2.34. The molecule has 0 aromatic heterocycles. The average Bonchev–Trinajstić information content (AvgIpc) is 2.70. The van der Waals surface area contributed by atoms with Crippen LogP contribution in [0.25, 0.3) is 0 Å². The maximum absolute atomic E-state index is 2.34. The van der Waals surface area contributed by atoms with Crippen molar-refractivity contribution in [3.05, 3.63) is 0 Å².